The molecular formula is C12H16BrNO3. The maximum Gasteiger partial charge on any atom is 0.203 e. The molecule has 1 saturated carbocycles. The molecule has 0 unspecified atom stereocenters. The third kappa shape index (κ3) is 1.98. The Labute approximate surface area is 109 Å². The lowest BCUT2D eigenvalue weighted by atomic mass is 10.0. The molecule has 2 rings (SSSR count). The Morgan fingerprint density at radius 2 is 1.71 bits per heavy atom. The Morgan fingerprint density at radius 1 is 1.12 bits per heavy atom. The van der Waals surface area contributed by atoms with Crippen LogP contribution in [-0.4, -0.2) is 21.3 Å². The molecular weight excluding hydrogens is 286 g/mol. The van der Waals surface area contributed by atoms with Crippen molar-refractivity contribution in [1.82, 2.24) is 0 Å². The highest BCUT2D eigenvalue weighted by atomic mass is 79.9. The molecule has 0 amide bonds. The van der Waals surface area contributed by atoms with Crippen LogP contribution in [0.2, 0.25) is 0 Å². The third-order valence-corrected chi connectivity index (χ3v) is 3.69. The molecule has 0 heterocycles. The molecule has 0 saturated heterocycles. The molecule has 1 fully saturated rings. The lowest BCUT2D eigenvalue weighted by molar-refractivity contribution is 0.319. The van der Waals surface area contributed by atoms with Crippen molar-refractivity contribution in [3.8, 4) is 17.2 Å². The highest BCUT2D eigenvalue weighted by Crippen LogP contribution is 2.54. The van der Waals surface area contributed by atoms with Crippen LogP contribution in [0.3, 0.4) is 0 Å². The summed E-state index contributed by atoms with van der Waals surface area (Å²) in [7, 11) is 4.80. The molecule has 1 aromatic carbocycles. The maximum atomic E-state index is 6.25. The standard InChI is InChI=1S/C12H16BrNO3/c1-15-8-6-7(13)9(12(14)4-5-12)11(17-3)10(8)16-2/h6H,4-5,14H2,1-3H3. The number of nitrogens with two attached hydrogens (primary N) is 1. The Balaban J connectivity index is 2.66. The van der Waals surface area contributed by atoms with Crippen LogP contribution in [-0.2, 0) is 5.54 Å². The molecule has 1 aromatic rings. The van der Waals surface area contributed by atoms with Gasteiger partial charge in [0.05, 0.1) is 21.3 Å². The van der Waals surface area contributed by atoms with Crippen LogP contribution in [0.1, 0.15) is 18.4 Å². The second kappa shape index (κ2) is 4.38. The first-order valence-electron chi connectivity index (χ1n) is 5.35. The van der Waals surface area contributed by atoms with Gasteiger partial charge in [-0.1, -0.05) is 15.9 Å². The van der Waals surface area contributed by atoms with Crippen molar-refractivity contribution >= 4 is 15.9 Å². The van der Waals surface area contributed by atoms with Gasteiger partial charge in [-0.25, -0.2) is 0 Å². The molecule has 1 aliphatic carbocycles. The predicted octanol–water partition coefficient (Wildman–Crippen LogP) is 2.42. The van der Waals surface area contributed by atoms with Crippen molar-refractivity contribution in [3.63, 3.8) is 0 Å². The SMILES string of the molecule is COc1cc(Br)c(C2(N)CC2)c(OC)c1OC. The van der Waals surface area contributed by atoms with E-state index in [-0.39, 0.29) is 5.54 Å². The first kappa shape index (κ1) is 12.5. The fourth-order valence-electron chi connectivity index (χ4n) is 1.97. The summed E-state index contributed by atoms with van der Waals surface area (Å²) in [5.74, 6) is 1.87. The molecule has 0 aromatic heterocycles. The normalized spacial score (nSPS) is 16.5. The largest absolute Gasteiger partial charge is 0.493 e. The third-order valence-electron chi connectivity index (χ3n) is 3.07. The lowest BCUT2D eigenvalue weighted by Crippen LogP contribution is -2.20. The van der Waals surface area contributed by atoms with Crippen molar-refractivity contribution < 1.29 is 14.2 Å². The molecule has 0 aliphatic heterocycles. The molecule has 0 spiro atoms. The van der Waals surface area contributed by atoms with Gasteiger partial charge in [0.25, 0.3) is 0 Å². The summed E-state index contributed by atoms with van der Waals surface area (Å²) in [5.41, 5.74) is 6.91. The summed E-state index contributed by atoms with van der Waals surface area (Å²) in [6.07, 6.45) is 1.91. The first-order valence-corrected chi connectivity index (χ1v) is 6.14. The zero-order valence-electron chi connectivity index (χ0n) is 10.2. The summed E-state index contributed by atoms with van der Waals surface area (Å²) in [5, 5.41) is 0. The number of benzene rings is 1. The van der Waals surface area contributed by atoms with E-state index in [1.54, 1.807) is 21.3 Å². The van der Waals surface area contributed by atoms with Gasteiger partial charge in [0.15, 0.2) is 11.5 Å². The average molecular weight is 302 g/mol. The second-order valence-corrected chi connectivity index (χ2v) is 5.01. The van der Waals surface area contributed by atoms with Crippen LogP contribution in [0.4, 0.5) is 0 Å². The van der Waals surface area contributed by atoms with Crippen LogP contribution in [0.25, 0.3) is 0 Å². The number of hydrogen-bond donors (Lipinski definition) is 1. The molecule has 4 nitrogen and oxygen atoms in total. The number of hydrogen-bond acceptors (Lipinski definition) is 4. The van der Waals surface area contributed by atoms with Gasteiger partial charge < -0.3 is 19.9 Å². The van der Waals surface area contributed by atoms with E-state index in [0.717, 1.165) is 22.9 Å². The topological polar surface area (TPSA) is 53.7 Å². The highest BCUT2D eigenvalue weighted by molar-refractivity contribution is 9.10. The van der Waals surface area contributed by atoms with Gasteiger partial charge in [-0.2, -0.15) is 0 Å². The molecule has 0 bridgehead atoms. The number of ether oxygens (including phenoxy) is 3. The summed E-state index contributed by atoms with van der Waals surface area (Å²) in [6.45, 7) is 0. The van der Waals surface area contributed by atoms with Crippen LogP contribution in [0.5, 0.6) is 17.2 Å². The van der Waals surface area contributed by atoms with Gasteiger partial charge in [0.1, 0.15) is 0 Å². The van der Waals surface area contributed by atoms with Crippen molar-refractivity contribution in [2.75, 3.05) is 21.3 Å². The van der Waals surface area contributed by atoms with Gasteiger partial charge in [0, 0.05) is 15.6 Å². The molecule has 2 N–H and O–H groups in total. The van der Waals surface area contributed by atoms with E-state index in [4.69, 9.17) is 19.9 Å². The van der Waals surface area contributed by atoms with Crippen molar-refractivity contribution in [2.24, 2.45) is 5.73 Å². The summed E-state index contributed by atoms with van der Waals surface area (Å²) in [6, 6.07) is 1.86. The molecule has 0 atom stereocenters. The van der Waals surface area contributed by atoms with E-state index in [1.165, 1.54) is 0 Å². The van der Waals surface area contributed by atoms with Crippen LogP contribution >= 0.6 is 15.9 Å². The van der Waals surface area contributed by atoms with Crippen molar-refractivity contribution in [2.45, 2.75) is 18.4 Å². The number of rotatable bonds is 4. The number of methoxy groups -OCH3 is 3. The van der Waals surface area contributed by atoms with E-state index in [9.17, 15) is 0 Å². The molecule has 5 heteroatoms. The minimum Gasteiger partial charge on any atom is -0.493 e. The van der Waals surface area contributed by atoms with Crippen LogP contribution in [0, 0.1) is 0 Å². The minimum atomic E-state index is -0.302. The van der Waals surface area contributed by atoms with E-state index >= 15 is 0 Å². The van der Waals surface area contributed by atoms with Gasteiger partial charge in [-0.15, -0.1) is 0 Å². The Hall–Kier alpha value is -0.940. The summed E-state index contributed by atoms with van der Waals surface area (Å²) < 4.78 is 17.0. The lowest BCUT2D eigenvalue weighted by Gasteiger charge is -2.20. The van der Waals surface area contributed by atoms with Crippen molar-refractivity contribution in [3.05, 3.63) is 16.1 Å². The quantitative estimate of drug-likeness (QED) is 0.928. The zero-order valence-corrected chi connectivity index (χ0v) is 11.8. The summed E-state index contributed by atoms with van der Waals surface area (Å²) >= 11 is 3.52. The van der Waals surface area contributed by atoms with Gasteiger partial charge in [-0.05, 0) is 18.9 Å². The average Bonchev–Trinajstić information content (AvgIpc) is 3.06. The van der Waals surface area contributed by atoms with Crippen LogP contribution < -0.4 is 19.9 Å². The monoisotopic (exact) mass is 301 g/mol. The first-order chi connectivity index (χ1) is 8.07. The number of halogens is 1. The maximum absolute atomic E-state index is 6.25. The van der Waals surface area contributed by atoms with E-state index < -0.39 is 0 Å². The zero-order chi connectivity index (χ0) is 12.6. The Kier molecular flexibility index (Phi) is 3.23. The van der Waals surface area contributed by atoms with Gasteiger partial charge in [-0.3, -0.25) is 0 Å². The van der Waals surface area contributed by atoms with E-state index in [0.29, 0.717) is 17.2 Å². The van der Waals surface area contributed by atoms with Crippen LogP contribution in [0.15, 0.2) is 10.5 Å². The van der Waals surface area contributed by atoms with Gasteiger partial charge >= 0.3 is 0 Å². The molecule has 0 radical (unpaired) electrons. The minimum absolute atomic E-state index is 0.302. The van der Waals surface area contributed by atoms with E-state index in [2.05, 4.69) is 15.9 Å². The molecule has 17 heavy (non-hydrogen) atoms. The Morgan fingerprint density at radius 3 is 2.12 bits per heavy atom. The fraction of sp³-hybridized carbons (Fsp3) is 0.500. The highest BCUT2D eigenvalue weighted by Gasteiger charge is 2.45. The predicted molar refractivity (Wildman–Crippen MR) is 68.9 cm³/mol. The van der Waals surface area contributed by atoms with Gasteiger partial charge in [0.2, 0.25) is 5.75 Å². The molecule has 1 aliphatic rings. The van der Waals surface area contributed by atoms with Crippen molar-refractivity contribution in [1.29, 1.82) is 0 Å². The smallest absolute Gasteiger partial charge is 0.203 e. The van der Waals surface area contributed by atoms with E-state index in [1.807, 2.05) is 6.07 Å². The molecule has 94 valence electrons. The fourth-order valence-corrected chi connectivity index (χ4v) is 2.76. The second-order valence-electron chi connectivity index (χ2n) is 4.16. The Bertz CT molecular complexity index is 444. The summed E-state index contributed by atoms with van der Waals surface area (Å²) in [4.78, 5) is 0.